The van der Waals surface area contributed by atoms with Gasteiger partial charge in [0.1, 0.15) is 10.3 Å². The van der Waals surface area contributed by atoms with Crippen molar-refractivity contribution in [1.29, 1.82) is 0 Å². The van der Waals surface area contributed by atoms with E-state index in [0.717, 1.165) is 71.3 Å². The van der Waals surface area contributed by atoms with Crippen molar-refractivity contribution in [2.45, 2.75) is 38.0 Å². The summed E-state index contributed by atoms with van der Waals surface area (Å²) in [5.74, 6) is 0. The highest BCUT2D eigenvalue weighted by Gasteiger charge is 2.29. The molecule has 0 spiro atoms. The predicted octanol–water partition coefficient (Wildman–Crippen LogP) is 4.14. The number of ether oxygens (including phenoxy) is 1. The van der Waals surface area contributed by atoms with Crippen LogP contribution in [0.3, 0.4) is 0 Å². The molecule has 5 rings (SSSR count). The molecule has 2 fully saturated rings. The highest BCUT2D eigenvalue weighted by atomic mass is 79.9. The Balaban J connectivity index is 1.50. The number of carboxylic acid groups (broad SMARTS) is 1. The van der Waals surface area contributed by atoms with Crippen molar-refractivity contribution >= 4 is 38.6 Å². The smallest absolute Gasteiger partial charge is 0.407 e. The average Bonchev–Trinajstić information content (AvgIpc) is 3.44. The van der Waals surface area contributed by atoms with Crippen molar-refractivity contribution in [2.24, 2.45) is 0 Å². The Morgan fingerprint density at radius 1 is 1.25 bits per heavy atom. The van der Waals surface area contributed by atoms with Crippen molar-refractivity contribution in [3.8, 4) is 11.3 Å². The molecule has 5 heterocycles. The van der Waals surface area contributed by atoms with E-state index in [1.54, 1.807) is 7.05 Å². The Hall–Kier alpha value is -2.72. The van der Waals surface area contributed by atoms with Gasteiger partial charge in [0.2, 0.25) is 0 Å². The maximum absolute atomic E-state index is 11.3. The summed E-state index contributed by atoms with van der Waals surface area (Å²) in [7, 11) is 1.63. The lowest BCUT2D eigenvalue weighted by atomic mass is 10.1. The Morgan fingerprint density at radius 2 is 2.12 bits per heavy atom. The molecule has 1 unspecified atom stereocenters. The third kappa shape index (κ3) is 3.93. The van der Waals surface area contributed by atoms with E-state index in [2.05, 4.69) is 36.9 Å². The summed E-state index contributed by atoms with van der Waals surface area (Å²) in [6.45, 7) is 2.17. The molecule has 2 aliphatic heterocycles. The van der Waals surface area contributed by atoms with Crippen LogP contribution in [0.25, 0.3) is 22.2 Å². The number of hydrogen-bond donors (Lipinski definition) is 1. The molecular weight excluding hydrogens is 476 g/mol. The molecule has 0 bridgehead atoms. The second kappa shape index (κ2) is 8.67. The lowest BCUT2D eigenvalue weighted by Crippen LogP contribution is -2.38. The number of carbonyl (C=O) groups is 1. The van der Waals surface area contributed by atoms with Gasteiger partial charge in [-0.2, -0.15) is 5.10 Å². The summed E-state index contributed by atoms with van der Waals surface area (Å²) in [6, 6.07) is 4.04. The van der Waals surface area contributed by atoms with Crippen molar-refractivity contribution < 1.29 is 14.6 Å². The van der Waals surface area contributed by atoms with Crippen LogP contribution < -0.4 is 4.90 Å². The first kappa shape index (κ1) is 21.1. The van der Waals surface area contributed by atoms with E-state index in [1.807, 2.05) is 29.3 Å². The molecule has 32 heavy (non-hydrogen) atoms. The normalized spacial score (nSPS) is 21.2. The molecule has 1 N–H and O–H groups in total. The molecule has 1 amide bonds. The summed E-state index contributed by atoms with van der Waals surface area (Å²) in [6.07, 6.45) is 8.40. The van der Waals surface area contributed by atoms with Gasteiger partial charge in [-0.25, -0.2) is 14.5 Å². The van der Waals surface area contributed by atoms with Gasteiger partial charge in [-0.1, -0.05) is 0 Å². The average molecular weight is 501 g/mol. The molecule has 2 atom stereocenters. The Morgan fingerprint density at radius 3 is 2.91 bits per heavy atom. The summed E-state index contributed by atoms with van der Waals surface area (Å²) >= 11 is 3.49. The number of amides is 1. The fourth-order valence-corrected chi connectivity index (χ4v) is 4.87. The molecule has 3 aromatic heterocycles. The third-order valence-electron chi connectivity index (χ3n) is 6.36. The van der Waals surface area contributed by atoms with E-state index in [-0.39, 0.29) is 12.3 Å². The van der Waals surface area contributed by atoms with Crippen LogP contribution in [0, 0.1) is 0 Å². The number of nitrogens with zero attached hydrogens (tertiary/aromatic N) is 6. The highest BCUT2D eigenvalue weighted by Crippen LogP contribution is 2.35. The van der Waals surface area contributed by atoms with Crippen molar-refractivity contribution in [3.05, 3.63) is 35.3 Å². The van der Waals surface area contributed by atoms with Gasteiger partial charge >= 0.3 is 6.09 Å². The summed E-state index contributed by atoms with van der Waals surface area (Å²) in [5, 5.41) is 15.2. The molecule has 9 nitrogen and oxygen atoms in total. The molecule has 3 aromatic rings. The van der Waals surface area contributed by atoms with E-state index in [0.29, 0.717) is 6.54 Å². The second-order valence-corrected chi connectivity index (χ2v) is 9.16. The number of rotatable bonds is 4. The van der Waals surface area contributed by atoms with Crippen LogP contribution in [0.1, 0.15) is 31.9 Å². The van der Waals surface area contributed by atoms with Gasteiger partial charge in [-0.3, -0.25) is 4.98 Å². The van der Waals surface area contributed by atoms with Crippen LogP contribution in [0.5, 0.6) is 0 Å². The van der Waals surface area contributed by atoms with E-state index in [1.165, 1.54) is 4.90 Å². The zero-order valence-electron chi connectivity index (χ0n) is 17.8. The number of aromatic nitrogens is 4. The minimum Gasteiger partial charge on any atom is -0.465 e. The zero-order valence-corrected chi connectivity index (χ0v) is 19.4. The molecular formula is C22H25BrN6O3. The van der Waals surface area contributed by atoms with Gasteiger partial charge < -0.3 is 19.6 Å². The molecule has 10 heteroatoms. The summed E-state index contributed by atoms with van der Waals surface area (Å²) in [4.78, 5) is 23.8. The Kier molecular flexibility index (Phi) is 5.73. The third-order valence-corrected chi connectivity index (χ3v) is 6.80. The van der Waals surface area contributed by atoms with Gasteiger partial charge in [0.15, 0.2) is 6.23 Å². The molecule has 168 valence electrons. The minimum atomic E-state index is -0.898. The van der Waals surface area contributed by atoms with Crippen molar-refractivity contribution in [3.63, 3.8) is 0 Å². The molecule has 2 aliphatic rings. The van der Waals surface area contributed by atoms with Crippen molar-refractivity contribution in [1.82, 2.24) is 24.6 Å². The number of fused-ring (bicyclic) bond motifs is 1. The monoisotopic (exact) mass is 500 g/mol. The minimum absolute atomic E-state index is 0.0262. The van der Waals surface area contributed by atoms with Crippen LogP contribution in [-0.4, -0.2) is 68.6 Å². The maximum Gasteiger partial charge on any atom is 0.407 e. The van der Waals surface area contributed by atoms with E-state index in [9.17, 15) is 9.90 Å². The SMILES string of the molecule is CN(C(=O)O)[C@@H]1CCN(c2cncc(-c3nn(C4CCCCO4)c4cnc(Br)cc34)c2)C1. The molecule has 2 saturated heterocycles. The van der Waals surface area contributed by atoms with Gasteiger partial charge in [-0.15, -0.1) is 0 Å². The van der Waals surface area contributed by atoms with Gasteiger partial charge in [-0.05, 0) is 53.7 Å². The number of halogens is 1. The van der Waals surface area contributed by atoms with Crippen LogP contribution in [-0.2, 0) is 4.74 Å². The number of pyridine rings is 2. The fourth-order valence-electron chi connectivity index (χ4n) is 4.54. The summed E-state index contributed by atoms with van der Waals surface area (Å²) < 4.78 is 8.69. The second-order valence-electron chi connectivity index (χ2n) is 8.35. The highest BCUT2D eigenvalue weighted by molar-refractivity contribution is 9.10. The number of likely N-dealkylation sites (N-methyl/N-ethyl adjacent to an activating group) is 1. The first-order valence-electron chi connectivity index (χ1n) is 10.8. The Bertz CT molecular complexity index is 1150. The van der Waals surface area contributed by atoms with E-state index >= 15 is 0 Å². The van der Waals surface area contributed by atoms with Crippen LogP contribution in [0.15, 0.2) is 35.3 Å². The van der Waals surface area contributed by atoms with Crippen LogP contribution in [0.2, 0.25) is 0 Å². The molecule has 0 aliphatic carbocycles. The van der Waals surface area contributed by atoms with Gasteiger partial charge in [0.25, 0.3) is 0 Å². The lowest BCUT2D eigenvalue weighted by Gasteiger charge is -2.23. The molecule has 0 saturated carbocycles. The van der Waals surface area contributed by atoms with Gasteiger partial charge in [0.05, 0.1) is 29.6 Å². The first-order valence-corrected chi connectivity index (χ1v) is 11.6. The predicted molar refractivity (Wildman–Crippen MR) is 124 cm³/mol. The number of hydrogen-bond acceptors (Lipinski definition) is 6. The standard InChI is InChI=1S/C22H25BrN6O3/c1-27(22(30)31)15-5-6-28(13-15)16-8-14(10-24-11-16)21-17-9-19(23)25-12-18(17)29(26-21)20-4-2-3-7-32-20/h8-12,15,20H,2-7,13H2,1H3,(H,30,31)/t15-,20?/m1/s1. The Labute approximate surface area is 194 Å². The fraction of sp³-hybridized carbons (Fsp3) is 0.455. The quantitative estimate of drug-likeness (QED) is 0.537. The zero-order chi connectivity index (χ0) is 22.2. The van der Waals surface area contributed by atoms with E-state index < -0.39 is 6.09 Å². The van der Waals surface area contributed by atoms with Crippen LogP contribution in [0.4, 0.5) is 10.5 Å². The van der Waals surface area contributed by atoms with Gasteiger partial charge in [0, 0.05) is 43.9 Å². The molecule has 0 aromatic carbocycles. The van der Waals surface area contributed by atoms with Crippen molar-refractivity contribution in [2.75, 3.05) is 31.6 Å². The topological polar surface area (TPSA) is 96.6 Å². The van der Waals surface area contributed by atoms with E-state index in [4.69, 9.17) is 9.84 Å². The van der Waals surface area contributed by atoms with Crippen LogP contribution >= 0.6 is 15.9 Å². The number of anilines is 1. The lowest BCUT2D eigenvalue weighted by molar-refractivity contribution is -0.0365. The maximum atomic E-state index is 11.3. The first-order chi connectivity index (χ1) is 15.5. The molecule has 0 radical (unpaired) electrons. The summed E-state index contributed by atoms with van der Waals surface area (Å²) in [5.41, 5.74) is 3.65. The largest absolute Gasteiger partial charge is 0.465 e.